The van der Waals surface area contributed by atoms with Crippen molar-refractivity contribution in [2.24, 2.45) is 0 Å². The van der Waals surface area contributed by atoms with Crippen LogP contribution in [0, 0.1) is 6.92 Å². The van der Waals surface area contributed by atoms with Crippen LogP contribution < -0.4 is 9.46 Å². The van der Waals surface area contributed by atoms with Crippen LogP contribution in [0.4, 0.5) is 0 Å². The summed E-state index contributed by atoms with van der Waals surface area (Å²) in [5.41, 5.74) is 0.868. The van der Waals surface area contributed by atoms with E-state index in [2.05, 4.69) is 11.6 Å². The minimum absolute atomic E-state index is 0.314. The molecular formula is C25H45NO3S. The summed E-state index contributed by atoms with van der Waals surface area (Å²) in [6.45, 7) is 7.39. The van der Waals surface area contributed by atoms with Gasteiger partial charge >= 0.3 is 0 Å². The molecule has 1 N–H and O–H groups in total. The third-order valence-corrected chi connectivity index (χ3v) is 6.99. The second-order valence-corrected chi connectivity index (χ2v) is 10.2. The van der Waals surface area contributed by atoms with E-state index in [1.807, 2.05) is 13.8 Å². The van der Waals surface area contributed by atoms with Crippen molar-refractivity contribution < 1.29 is 13.2 Å². The lowest BCUT2D eigenvalue weighted by Gasteiger charge is -2.12. The summed E-state index contributed by atoms with van der Waals surface area (Å²) in [5, 5.41) is 0. The number of hydrogen-bond donors (Lipinski definition) is 1. The van der Waals surface area contributed by atoms with Crippen molar-refractivity contribution >= 4 is 10.0 Å². The average Bonchev–Trinajstić information content (AvgIpc) is 2.72. The molecule has 0 heterocycles. The molecule has 0 saturated carbocycles. The maximum atomic E-state index is 12.3. The molecule has 5 heteroatoms. The molecule has 0 fully saturated rings. The lowest BCUT2D eigenvalue weighted by atomic mass is 10.1. The first-order chi connectivity index (χ1) is 14.5. The van der Waals surface area contributed by atoms with Gasteiger partial charge in [0.2, 0.25) is 10.0 Å². The molecule has 0 spiro atoms. The standard InChI is InChI=1S/C25H45NO3S/c1-4-6-8-9-10-11-12-13-14-15-16-17-21-29-25-19-18-24(22-23(25)3)30(27,28)26-20-7-5-2/h18-19,22,26H,4-17,20-21H2,1-3H3. The summed E-state index contributed by atoms with van der Waals surface area (Å²) in [6.07, 6.45) is 17.7. The van der Waals surface area contributed by atoms with Gasteiger partial charge in [-0.25, -0.2) is 13.1 Å². The van der Waals surface area contributed by atoms with E-state index >= 15 is 0 Å². The highest BCUT2D eigenvalue weighted by Gasteiger charge is 2.14. The zero-order chi connectivity index (χ0) is 22.1. The minimum Gasteiger partial charge on any atom is -0.493 e. The molecule has 0 atom stereocenters. The molecule has 0 aliphatic heterocycles. The van der Waals surface area contributed by atoms with Crippen LogP contribution in [0.3, 0.4) is 0 Å². The number of hydrogen-bond acceptors (Lipinski definition) is 3. The number of aryl methyl sites for hydroxylation is 1. The van der Waals surface area contributed by atoms with Gasteiger partial charge in [-0.3, -0.25) is 0 Å². The van der Waals surface area contributed by atoms with Gasteiger partial charge < -0.3 is 4.74 Å². The molecule has 0 aliphatic rings. The van der Waals surface area contributed by atoms with Crippen LogP contribution in [-0.2, 0) is 10.0 Å². The summed E-state index contributed by atoms with van der Waals surface area (Å²) in [7, 11) is -3.43. The molecule has 1 aromatic rings. The fraction of sp³-hybridized carbons (Fsp3) is 0.760. The van der Waals surface area contributed by atoms with E-state index in [4.69, 9.17) is 4.74 Å². The maximum absolute atomic E-state index is 12.3. The topological polar surface area (TPSA) is 55.4 Å². The Labute approximate surface area is 186 Å². The van der Waals surface area contributed by atoms with Gasteiger partial charge in [-0.05, 0) is 43.5 Å². The fourth-order valence-electron chi connectivity index (χ4n) is 3.54. The molecule has 0 unspecified atom stereocenters. The molecule has 0 bridgehead atoms. The van der Waals surface area contributed by atoms with Gasteiger partial charge in [-0.15, -0.1) is 0 Å². The van der Waals surface area contributed by atoms with E-state index in [-0.39, 0.29) is 0 Å². The molecule has 0 amide bonds. The number of rotatable bonds is 19. The third-order valence-electron chi connectivity index (χ3n) is 5.53. The van der Waals surface area contributed by atoms with E-state index in [0.717, 1.165) is 30.6 Å². The van der Waals surface area contributed by atoms with Crippen LogP contribution in [0.1, 0.15) is 109 Å². The summed E-state index contributed by atoms with van der Waals surface area (Å²) in [5.74, 6) is 0.783. The Kier molecular flexibility index (Phi) is 14.9. The van der Waals surface area contributed by atoms with E-state index < -0.39 is 10.0 Å². The van der Waals surface area contributed by atoms with Gasteiger partial charge in [-0.1, -0.05) is 90.9 Å². The Hall–Kier alpha value is -1.07. The quantitative estimate of drug-likeness (QED) is 0.233. The van der Waals surface area contributed by atoms with Crippen LogP contribution in [0.15, 0.2) is 23.1 Å². The number of benzene rings is 1. The maximum Gasteiger partial charge on any atom is 0.240 e. The Morgan fingerprint density at radius 2 is 1.30 bits per heavy atom. The highest BCUT2D eigenvalue weighted by molar-refractivity contribution is 7.89. The van der Waals surface area contributed by atoms with Crippen molar-refractivity contribution in [3.05, 3.63) is 23.8 Å². The van der Waals surface area contributed by atoms with Crippen LogP contribution in [-0.4, -0.2) is 21.6 Å². The Balaban J connectivity index is 2.15. The van der Waals surface area contributed by atoms with Crippen molar-refractivity contribution in [1.82, 2.24) is 4.72 Å². The van der Waals surface area contributed by atoms with Crippen LogP contribution >= 0.6 is 0 Å². The Bertz CT molecular complexity index is 658. The van der Waals surface area contributed by atoms with E-state index in [1.54, 1.807) is 18.2 Å². The van der Waals surface area contributed by atoms with Crippen molar-refractivity contribution in [3.8, 4) is 5.75 Å². The van der Waals surface area contributed by atoms with Gasteiger partial charge in [0.15, 0.2) is 0 Å². The Morgan fingerprint density at radius 1 is 0.767 bits per heavy atom. The van der Waals surface area contributed by atoms with Crippen LogP contribution in [0.25, 0.3) is 0 Å². The molecule has 1 aromatic carbocycles. The normalized spacial score (nSPS) is 11.7. The van der Waals surface area contributed by atoms with Crippen molar-refractivity contribution in [1.29, 1.82) is 0 Å². The molecule has 0 saturated heterocycles. The van der Waals surface area contributed by atoms with E-state index in [0.29, 0.717) is 18.0 Å². The first kappa shape index (κ1) is 27.0. The van der Waals surface area contributed by atoms with Gasteiger partial charge in [0, 0.05) is 6.54 Å². The summed E-state index contributed by atoms with van der Waals surface area (Å²) >= 11 is 0. The molecule has 0 aliphatic carbocycles. The molecular weight excluding hydrogens is 394 g/mol. The summed E-state index contributed by atoms with van der Waals surface area (Å²) < 4.78 is 33.1. The highest BCUT2D eigenvalue weighted by Crippen LogP contribution is 2.22. The van der Waals surface area contributed by atoms with E-state index in [9.17, 15) is 8.42 Å². The second kappa shape index (κ2) is 16.6. The smallest absolute Gasteiger partial charge is 0.240 e. The largest absolute Gasteiger partial charge is 0.493 e. The average molecular weight is 440 g/mol. The lowest BCUT2D eigenvalue weighted by molar-refractivity contribution is 0.302. The first-order valence-electron chi connectivity index (χ1n) is 12.2. The SMILES string of the molecule is CCCCCCCCCCCCCCOc1ccc(S(=O)(=O)NCCCC)cc1C. The van der Waals surface area contributed by atoms with Crippen molar-refractivity contribution in [2.75, 3.05) is 13.2 Å². The summed E-state index contributed by atoms with van der Waals surface area (Å²) in [4.78, 5) is 0.314. The predicted molar refractivity (Wildman–Crippen MR) is 128 cm³/mol. The number of ether oxygens (including phenoxy) is 1. The second-order valence-electron chi connectivity index (χ2n) is 8.42. The van der Waals surface area contributed by atoms with Crippen molar-refractivity contribution in [2.45, 2.75) is 116 Å². The zero-order valence-electron chi connectivity index (χ0n) is 19.7. The third kappa shape index (κ3) is 11.9. The van der Waals surface area contributed by atoms with Crippen LogP contribution in [0.5, 0.6) is 5.75 Å². The molecule has 0 radical (unpaired) electrons. The summed E-state index contributed by atoms with van der Waals surface area (Å²) in [6, 6.07) is 5.12. The van der Waals surface area contributed by atoms with Crippen molar-refractivity contribution in [3.63, 3.8) is 0 Å². The monoisotopic (exact) mass is 439 g/mol. The van der Waals surface area contributed by atoms with Gasteiger partial charge in [0.25, 0.3) is 0 Å². The first-order valence-corrected chi connectivity index (χ1v) is 13.7. The molecule has 174 valence electrons. The van der Waals surface area contributed by atoms with Gasteiger partial charge in [0.1, 0.15) is 5.75 Å². The lowest BCUT2D eigenvalue weighted by Crippen LogP contribution is -2.24. The predicted octanol–water partition coefficient (Wildman–Crippen LogP) is 7.15. The molecule has 30 heavy (non-hydrogen) atoms. The van der Waals surface area contributed by atoms with E-state index in [1.165, 1.54) is 70.6 Å². The van der Waals surface area contributed by atoms with Gasteiger partial charge in [0.05, 0.1) is 11.5 Å². The van der Waals surface area contributed by atoms with Gasteiger partial charge in [-0.2, -0.15) is 0 Å². The molecule has 0 aromatic heterocycles. The highest BCUT2D eigenvalue weighted by atomic mass is 32.2. The zero-order valence-corrected chi connectivity index (χ0v) is 20.5. The Morgan fingerprint density at radius 3 is 1.83 bits per heavy atom. The molecule has 4 nitrogen and oxygen atoms in total. The fourth-order valence-corrected chi connectivity index (χ4v) is 4.70. The van der Waals surface area contributed by atoms with Crippen LogP contribution in [0.2, 0.25) is 0 Å². The number of unbranched alkanes of at least 4 members (excludes halogenated alkanes) is 12. The number of nitrogens with one attached hydrogen (secondary N) is 1. The minimum atomic E-state index is -3.43. The number of sulfonamides is 1. The molecule has 1 rings (SSSR count).